The highest BCUT2D eigenvalue weighted by molar-refractivity contribution is 5.94. The average Bonchev–Trinajstić information content (AvgIpc) is 3.06. The van der Waals surface area contributed by atoms with Crippen LogP contribution in [0.3, 0.4) is 0 Å². The highest BCUT2D eigenvalue weighted by Crippen LogP contribution is 2.17. The third kappa shape index (κ3) is 5.20. The van der Waals surface area contributed by atoms with Gasteiger partial charge in [0.2, 0.25) is 0 Å². The van der Waals surface area contributed by atoms with Gasteiger partial charge in [-0.05, 0) is 44.0 Å². The first-order valence-electron chi connectivity index (χ1n) is 9.97. The minimum absolute atomic E-state index is 0.00126. The van der Waals surface area contributed by atoms with Gasteiger partial charge in [0.1, 0.15) is 5.82 Å². The van der Waals surface area contributed by atoms with Crippen LogP contribution in [0, 0.1) is 6.92 Å². The van der Waals surface area contributed by atoms with Gasteiger partial charge in [-0.1, -0.05) is 36.2 Å². The largest absolute Gasteiger partial charge is 0.383 e. The molecule has 0 aliphatic carbocycles. The molecule has 1 heterocycles. The number of rotatable bonds is 10. The Bertz CT molecular complexity index is 900. The number of para-hydroxylation sites is 2. The Morgan fingerprint density at radius 3 is 2.64 bits per heavy atom. The Hall–Kier alpha value is -2.66. The Morgan fingerprint density at radius 1 is 1.07 bits per heavy atom. The fourth-order valence-corrected chi connectivity index (χ4v) is 3.34. The van der Waals surface area contributed by atoms with Crippen LogP contribution in [0.15, 0.2) is 48.5 Å². The number of fused-ring (bicyclic) bond motifs is 1. The van der Waals surface area contributed by atoms with Crippen LogP contribution in [-0.2, 0) is 17.7 Å². The van der Waals surface area contributed by atoms with Gasteiger partial charge in [-0.3, -0.25) is 4.79 Å². The highest BCUT2D eigenvalue weighted by Gasteiger charge is 2.10. The van der Waals surface area contributed by atoms with Crippen molar-refractivity contribution < 1.29 is 9.53 Å². The summed E-state index contributed by atoms with van der Waals surface area (Å²) in [5.41, 5.74) is 4.09. The second-order valence-electron chi connectivity index (χ2n) is 7.09. The van der Waals surface area contributed by atoms with Gasteiger partial charge in [0.15, 0.2) is 0 Å². The molecule has 1 aromatic heterocycles. The third-order valence-electron chi connectivity index (χ3n) is 4.93. The molecule has 0 unspecified atom stereocenters. The predicted molar refractivity (Wildman–Crippen MR) is 113 cm³/mol. The standard InChI is InChI=1S/C23H29N3O2/c1-18-11-13-19(14-12-18)23(27)24-15-7-3-4-10-22-25-20-8-5-6-9-21(20)26(22)16-17-28-2/h5-6,8-9,11-14H,3-4,7,10,15-17H2,1-2H3,(H,24,27). The van der Waals surface area contributed by atoms with E-state index in [0.717, 1.165) is 54.7 Å². The smallest absolute Gasteiger partial charge is 0.251 e. The van der Waals surface area contributed by atoms with Crippen LogP contribution in [0.5, 0.6) is 0 Å². The zero-order valence-corrected chi connectivity index (χ0v) is 16.8. The molecule has 148 valence electrons. The number of imidazole rings is 1. The fourth-order valence-electron chi connectivity index (χ4n) is 3.34. The Labute approximate surface area is 166 Å². The molecule has 0 fully saturated rings. The highest BCUT2D eigenvalue weighted by atomic mass is 16.5. The number of hydrogen-bond acceptors (Lipinski definition) is 3. The fraction of sp³-hybridized carbons (Fsp3) is 0.391. The molecule has 28 heavy (non-hydrogen) atoms. The van der Waals surface area contributed by atoms with E-state index in [-0.39, 0.29) is 5.91 Å². The molecule has 0 bridgehead atoms. The molecule has 0 aliphatic heterocycles. The monoisotopic (exact) mass is 379 g/mol. The summed E-state index contributed by atoms with van der Waals surface area (Å²) in [7, 11) is 1.73. The van der Waals surface area contributed by atoms with E-state index in [4.69, 9.17) is 9.72 Å². The quantitative estimate of drug-likeness (QED) is 0.539. The number of nitrogens with one attached hydrogen (secondary N) is 1. The first-order chi connectivity index (χ1) is 13.7. The third-order valence-corrected chi connectivity index (χ3v) is 4.93. The normalized spacial score (nSPS) is 11.1. The van der Waals surface area contributed by atoms with Crippen LogP contribution in [0.2, 0.25) is 0 Å². The Morgan fingerprint density at radius 2 is 1.86 bits per heavy atom. The number of unbranched alkanes of at least 4 members (excludes halogenated alkanes) is 2. The van der Waals surface area contributed by atoms with E-state index in [9.17, 15) is 4.79 Å². The number of carbonyl (C=O) groups is 1. The minimum Gasteiger partial charge on any atom is -0.383 e. The van der Waals surface area contributed by atoms with E-state index < -0.39 is 0 Å². The van der Waals surface area contributed by atoms with Gasteiger partial charge in [-0.25, -0.2) is 4.98 Å². The molecule has 0 saturated carbocycles. The topological polar surface area (TPSA) is 56.1 Å². The number of benzene rings is 2. The van der Waals surface area contributed by atoms with E-state index >= 15 is 0 Å². The molecule has 0 atom stereocenters. The molecule has 5 heteroatoms. The number of nitrogens with zero attached hydrogens (tertiary/aromatic N) is 2. The summed E-state index contributed by atoms with van der Waals surface area (Å²) in [5, 5.41) is 3.00. The lowest BCUT2D eigenvalue weighted by molar-refractivity contribution is 0.0953. The maximum Gasteiger partial charge on any atom is 0.251 e. The van der Waals surface area contributed by atoms with Gasteiger partial charge in [-0.15, -0.1) is 0 Å². The van der Waals surface area contributed by atoms with Crippen LogP contribution in [0.25, 0.3) is 11.0 Å². The van der Waals surface area contributed by atoms with Crippen molar-refractivity contribution in [3.8, 4) is 0 Å². The number of ether oxygens (including phenoxy) is 1. The van der Waals surface area contributed by atoms with Gasteiger partial charge in [0.05, 0.1) is 17.6 Å². The number of aromatic nitrogens is 2. The van der Waals surface area contributed by atoms with Crippen molar-refractivity contribution in [1.82, 2.24) is 14.9 Å². The molecule has 3 aromatic rings. The number of aryl methyl sites for hydroxylation is 2. The molecule has 5 nitrogen and oxygen atoms in total. The molecule has 1 N–H and O–H groups in total. The second-order valence-corrected chi connectivity index (χ2v) is 7.09. The molecule has 0 saturated heterocycles. The molecule has 3 rings (SSSR count). The summed E-state index contributed by atoms with van der Waals surface area (Å²) in [6.45, 7) is 4.22. The average molecular weight is 380 g/mol. The number of methoxy groups -OCH3 is 1. The zero-order chi connectivity index (χ0) is 19.8. The molecular weight excluding hydrogens is 350 g/mol. The Balaban J connectivity index is 1.45. The lowest BCUT2D eigenvalue weighted by Gasteiger charge is -2.09. The summed E-state index contributed by atoms with van der Waals surface area (Å²) in [5.74, 6) is 1.11. The van der Waals surface area contributed by atoms with Crippen LogP contribution in [0.4, 0.5) is 0 Å². The van der Waals surface area contributed by atoms with Crippen LogP contribution in [-0.4, -0.2) is 35.7 Å². The summed E-state index contributed by atoms with van der Waals surface area (Å²) in [6, 6.07) is 15.9. The van der Waals surface area contributed by atoms with Crippen LogP contribution < -0.4 is 5.32 Å². The van der Waals surface area contributed by atoms with E-state index in [0.29, 0.717) is 13.2 Å². The van der Waals surface area contributed by atoms with Crippen molar-refractivity contribution in [2.24, 2.45) is 0 Å². The van der Waals surface area contributed by atoms with E-state index in [1.54, 1.807) is 7.11 Å². The van der Waals surface area contributed by atoms with Crippen molar-refractivity contribution in [2.75, 3.05) is 20.3 Å². The van der Waals surface area contributed by atoms with Crippen LogP contribution >= 0.6 is 0 Å². The minimum atomic E-state index is 0.00126. The van der Waals surface area contributed by atoms with Crippen molar-refractivity contribution in [2.45, 2.75) is 39.2 Å². The predicted octanol–water partition coefficient (Wildman–Crippen LogP) is 4.13. The van der Waals surface area contributed by atoms with E-state index in [1.165, 1.54) is 5.52 Å². The summed E-state index contributed by atoms with van der Waals surface area (Å²) >= 11 is 0. The maximum absolute atomic E-state index is 12.1. The van der Waals surface area contributed by atoms with Gasteiger partial charge < -0.3 is 14.6 Å². The SMILES string of the molecule is COCCn1c(CCCCCNC(=O)c2ccc(C)cc2)nc2ccccc21. The molecule has 2 aromatic carbocycles. The number of hydrogen-bond donors (Lipinski definition) is 1. The molecule has 0 spiro atoms. The number of amides is 1. The van der Waals surface area contributed by atoms with Crippen molar-refractivity contribution >= 4 is 16.9 Å². The van der Waals surface area contributed by atoms with E-state index in [2.05, 4.69) is 22.0 Å². The second kappa shape index (κ2) is 10.0. The first-order valence-corrected chi connectivity index (χ1v) is 9.97. The first kappa shape index (κ1) is 20.1. The lowest BCUT2D eigenvalue weighted by Crippen LogP contribution is -2.24. The van der Waals surface area contributed by atoms with Crippen molar-refractivity contribution in [3.63, 3.8) is 0 Å². The van der Waals surface area contributed by atoms with Crippen LogP contribution in [0.1, 0.15) is 41.0 Å². The molecular formula is C23H29N3O2. The van der Waals surface area contributed by atoms with Gasteiger partial charge in [-0.2, -0.15) is 0 Å². The van der Waals surface area contributed by atoms with Gasteiger partial charge in [0, 0.05) is 32.2 Å². The maximum atomic E-state index is 12.1. The molecule has 0 radical (unpaired) electrons. The number of carbonyl (C=O) groups excluding carboxylic acids is 1. The van der Waals surface area contributed by atoms with Crippen molar-refractivity contribution in [1.29, 1.82) is 0 Å². The summed E-state index contributed by atoms with van der Waals surface area (Å²) < 4.78 is 7.52. The molecule has 1 amide bonds. The summed E-state index contributed by atoms with van der Waals surface area (Å²) in [4.78, 5) is 16.9. The van der Waals surface area contributed by atoms with Gasteiger partial charge in [0.25, 0.3) is 5.91 Å². The zero-order valence-electron chi connectivity index (χ0n) is 16.8. The van der Waals surface area contributed by atoms with E-state index in [1.807, 2.05) is 43.3 Å². The van der Waals surface area contributed by atoms with Gasteiger partial charge >= 0.3 is 0 Å². The Kier molecular flexibility index (Phi) is 7.20. The molecule has 0 aliphatic rings. The van der Waals surface area contributed by atoms with Crippen molar-refractivity contribution in [3.05, 3.63) is 65.5 Å². The lowest BCUT2D eigenvalue weighted by atomic mass is 10.1. The summed E-state index contributed by atoms with van der Waals surface area (Å²) in [6.07, 6.45) is 4.01.